The molecule has 0 fully saturated rings. The first-order valence-corrected chi connectivity index (χ1v) is 7.10. The van der Waals surface area contributed by atoms with Crippen molar-refractivity contribution in [2.75, 3.05) is 13.1 Å². The highest BCUT2D eigenvalue weighted by atomic mass is 16.4. The molecule has 0 aliphatic carbocycles. The third-order valence-corrected chi connectivity index (χ3v) is 3.05. The van der Waals surface area contributed by atoms with Gasteiger partial charge in [-0.1, -0.05) is 19.8 Å². The Morgan fingerprint density at radius 2 is 1.53 bits per heavy atom. The smallest absolute Gasteiger partial charge is 0.323 e. The molecule has 112 valence electrons. The van der Waals surface area contributed by atoms with E-state index in [0.29, 0.717) is 6.54 Å². The SMILES string of the molecule is CCCCCN(C(=O)N(CC(=O)O)C(C)C)C(C)C. The number of nitrogens with zero attached hydrogens (tertiary/aromatic N) is 2. The van der Waals surface area contributed by atoms with Crippen molar-refractivity contribution in [3.63, 3.8) is 0 Å². The molecule has 1 N–H and O–H groups in total. The van der Waals surface area contributed by atoms with E-state index in [1.54, 1.807) is 4.90 Å². The Hall–Kier alpha value is -1.26. The maximum absolute atomic E-state index is 12.4. The maximum Gasteiger partial charge on any atom is 0.323 e. The lowest BCUT2D eigenvalue weighted by atomic mass is 10.2. The molecule has 0 heterocycles. The van der Waals surface area contributed by atoms with Crippen LogP contribution in [0.4, 0.5) is 4.79 Å². The van der Waals surface area contributed by atoms with E-state index < -0.39 is 5.97 Å². The molecule has 0 aromatic carbocycles. The van der Waals surface area contributed by atoms with Crippen LogP contribution in [-0.2, 0) is 4.79 Å². The fourth-order valence-corrected chi connectivity index (χ4v) is 1.89. The Bertz CT molecular complexity index is 290. The second-order valence-corrected chi connectivity index (χ2v) is 5.39. The third kappa shape index (κ3) is 6.45. The summed E-state index contributed by atoms with van der Waals surface area (Å²) in [5, 5.41) is 8.90. The summed E-state index contributed by atoms with van der Waals surface area (Å²) in [6.07, 6.45) is 3.14. The number of carbonyl (C=O) groups is 2. The minimum atomic E-state index is -0.973. The Morgan fingerprint density at radius 1 is 1.00 bits per heavy atom. The summed E-state index contributed by atoms with van der Waals surface area (Å²) in [4.78, 5) is 26.5. The molecule has 0 saturated carbocycles. The highest BCUT2D eigenvalue weighted by Crippen LogP contribution is 2.10. The lowest BCUT2D eigenvalue weighted by Crippen LogP contribution is -2.51. The van der Waals surface area contributed by atoms with E-state index >= 15 is 0 Å². The van der Waals surface area contributed by atoms with Crippen molar-refractivity contribution in [2.45, 2.75) is 66.0 Å². The van der Waals surface area contributed by atoms with Crippen LogP contribution in [0.3, 0.4) is 0 Å². The van der Waals surface area contributed by atoms with Gasteiger partial charge in [0.15, 0.2) is 0 Å². The summed E-state index contributed by atoms with van der Waals surface area (Å²) in [5.74, 6) is -0.973. The number of hydrogen-bond acceptors (Lipinski definition) is 2. The highest BCUT2D eigenvalue weighted by molar-refractivity contribution is 5.80. The fraction of sp³-hybridized carbons (Fsp3) is 0.857. The topological polar surface area (TPSA) is 60.9 Å². The molecule has 0 spiro atoms. The van der Waals surface area contributed by atoms with Gasteiger partial charge in [-0.05, 0) is 34.1 Å². The zero-order valence-electron chi connectivity index (χ0n) is 12.8. The normalized spacial score (nSPS) is 10.9. The number of urea groups is 1. The van der Waals surface area contributed by atoms with Gasteiger partial charge >= 0.3 is 12.0 Å². The summed E-state index contributed by atoms with van der Waals surface area (Å²) < 4.78 is 0. The molecule has 0 atom stereocenters. The number of unbranched alkanes of at least 4 members (excludes halogenated alkanes) is 2. The van der Waals surface area contributed by atoms with Gasteiger partial charge in [0.05, 0.1) is 0 Å². The van der Waals surface area contributed by atoms with Crippen molar-refractivity contribution in [2.24, 2.45) is 0 Å². The minimum absolute atomic E-state index is 0.0828. The molecule has 0 aromatic rings. The molecular weight excluding hydrogens is 244 g/mol. The van der Waals surface area contributed by atoms with Gasteiger partial charge in [-0.25, -0.2) is 4.79 Å². The number of carboxylic acids is 1. The van der Waals surface area contributed by atoms with E-state index in [1.807, 2.05) is 27.7 Å². The molecule has 5 nitrogen and oxygen atoms in total. The van der Waals surface area contributed by atoms with Crippen LogP contribution in [0, 0.1) is 0 Å². The average Bonchev–Trinajstić information content (AvgIpc) is 2.30. The van der Waals surface area contributed by atoms with Gasteiger partial charge in [-0.3, -0.25) is 4.79 Å². The molecule has 0 radical (unpaired) electrons. The summed E-state index contributed by atoms with van der Waals surface area (Å²) in [6, 6.07) is -0.209. The third-order valence-electron chi connectivity index (χ3n) is 3.05. The first-order valence-electron chi connectivity index (χ1n) is 7.10. The van der Waals surface area contributed by atoms with Crippen LogP contribution in [0.25, 0.3) is 0 Å². The van der Waals surface area contributed by atoms with Crippen LogP contribution in [0.15, 0.2) is 0 Å². The maximum atomic E-state index is 12.4. The van der Waals surface area contributed by atoms with E-state index in [2.05, 4.69) is 6.92 Å². The Balaban J connectivity index is 4.77. The van der Waals surface area contributed by atoms with Gasteiger partial charge < -0.3 is 14.9 Å². The van der Waals surface area contributed by atoms with E-state index in [1.165, 1.54) is 4.90 Å². The fourth-order valence-electron chi connectivity index (χ4n) is 1.89. The number of carboxylic acid groups (broad SMARTS) is 1. The number of amides is 2. The monoisotopic (exact) mass is 272 g/mol. The first kappa shape index (κ1) is 17.7. The lowest BCUT2D eigenvalue weighted by molar-refractivity contribution is -0.138. The van der Waals surface area contributed by atoms with Crippen LogP contribution >= 0.6 is 0 Å². The van der Waals surface area contributed by atoms with Gasteiger partial charge in [0.25, 0.3) is 0 Å². The molecule has 5 heteroatoms. The van der Waals surface area contributed by atoms with Gasteiger partial charge in [-0.15, -0.1) is 0 Å². The lowest BCUT2D eigenvalue weighted by Gasteiger charge is -2.34. The predicted octanol–water partition coefficient (Wildman–Crippen LogP) is 2.80. The Labute approximate surface area is 116 Å². The van der Waals surface area contributed by atoms with Crippen molar-refractivity contribution in [3.05, 3.63) is 0 Å². The number of aliphatic carboxylic acids is 1. The first-order chi connectivity index (χ1) is 8.81. The van der Waals surface area contributed by atoms with Crippen molar-refractivity contribution in [1.82, 2.24) is 9.80 Å². The van der Waals surface area contributed by atoms with Crippen LogP contribution < -0.4 is 0 Å². The average molecular weight is 272 g/mol. The quantitative estimate of drug-likeness (QED) is 0.691. The second kappa shape index (κ2) is 8.77. The minimum Gasteiger partial charge on any atom is -0.480 e. The summed E-state index contributed by atoms with van der Waals surface area (Å²) >= 11 is 0. The van der Waals surface area contributed by atoms with Gasteiger partial charge in [-0.2, -0.15) is 0 Å². The van der Waals surface area contributed by atoms with Crippen molar-refractivity contribution >= 4 is 12.0 Å². The number of carbonyl (C=O) groups excluding carboxylic acids is 1. The van der Waals surface area contributed by atoms with E-state index in [9.17, 15) is 9.59 Å². The second-order valence-electron chi connectivity index (χ2n) is 5.39. The molecule has 0 bridgehead atoms. The van der Waals surface area contributed by atoms with Gasteiger partial charge in [0, 0.05) is 18.6 Å². The zero-order chi connectivity index (χ0) is 15.0. The molecule has 0 unspecified atom stereocenters. The molecule has 0 aliphatic rings. The molecular formula is C14H28N2O3. The van der Waals surface area contributed by atoms with Crippen LogP contribution in [-0.4, -0.2) is 52.1 Å². The standard InChI is InChI=1S/C14H28N2O3/c1-6-7-8-9-15(11(2)3)14(19)16(12(4)5)10-13(17)18/h11-12H,6-10H2,1-5H3,(H,17,18). The van der Waals surface area contributed by atoms with Crippen molar-refractivity contribution < 1.29 is 14.7 Å². The summed E-state index contributed by atoms with van der Waals surface area (Å²) in [6.45, 7) is 10.2. The number of rotatable bonds is 8. The summed E-state index contributed by atoms with van der Waals surface area (Å²) in [7, 11) is 0. The molecule has 0 aliphatic heterocycles. The Morgan fingerprint density at radius 3 is 1.89 bits per heavy atom. The largest absolute Gasteiger partial charge is 0.480 e. The summed E-state index contributed by atoms with van der Waals surface area (Å²) in [5.41, 5.74) is 0. The number of hydrogen-bond donors (Lipinski definition) is 1. The molecule has 0 rings (SSSR count). The molecule has 0 aromatic heterocycles. The zero-order valence-corrected chi connectivity index (χ0v) is 12.8. The van der Waals surface area contributed by atoms with Crippen LogP contribution in [0.1, 0.15) is 53.9 Å². The van der Waals surface area contributed by atoms with Gasteiger partial charge in [0.1, 0.15) is 6.54 Å². The van der Waals surface area contributed by atoms with Crippen molar-refractivity contribution in [3.8, 4) is 0 Å². The van der Waals surface area contributed by atoms with E-state index in [4.69, 9.17) is 5.11 Å². The predicted molar refractivity (Wildman–Crippen MR) is 76.2 cm³/mol. The van der Waals surface area contributed by atoms with E-state index in [0.717, 1.165) is 19.3 Å². The van der Waals surface area contributed by atoms with Crippen LogP contribution in [0.2, 0.25) is 0 Å². The molecule has 19 heavy (non-hydrogen) atoms. The molecule has 0 saturated heterocycles. The van der Waals surface area contributed by atoms with E-state index in [-0.39, 0.29) is 24.7 Å². The van der Waals surface area contributed by atoms with Gasteiger partial charge in [0.2, 0.25) is 0 Å². The highest BCUT2D eigenvalue weighted by Gasteiger charge is 2.26. The molecule has 2 amide bonds. The van der Waals surface area contributed by atoms with Crippen molar-refractivity contribution in [1.29, 1.82) is 0 Å². The van der Waals surface area contributed by atoms with Crippen LogP contribution in [0.5, 0.6) is 0 Å². The Kier molecular flexibility index (Phi) is 8.19.